The Morgan fingerprint density at radius 2 is 1.29 bits per heavy atom. The Balaban J connectivity index is 1.71. The van der Waals surface area contributed by atoms with Crippen molar-refractivity contribution >= 4 is 16.9 Å². The van der Waals surface area contributed by atoms with Crippen LogP contribution in [0.4, 0.5) is 0 Å². The molecule has 6 rings (SSSR count). The van der Waals surface area contributed by atoms with Crippen molar-refractivity contribution in [3.05, 3.63) is 150 Å². The van der Waals surface area contributed by atoms with Crippen LogP contribution in [0.1, 0.15) is 40.2 Å². The van der Waals surface area contributed by atoms with E-state index < -0.39 is 0 Å². The fraction of sp³-hybridized carbons (Fsp3) is 0.0667. The highest BCUT2D eigenvalue weighted by atomic mass is 16.3. The molecule has 0 N–H and O–H groups in total. The summed E-state index contributed by atoms with van der Waals surface area (Å²) in [6.07, 6.45) is 7.11. The molecule has 1 aliphatic rings. The summed E-state index contributed by atoms with van der Waals surface area (Å²) in [5, 5.41) is 0. The van der Waals surface area contributed by atoms with Crippen LogP contribution in [-0.2, 0) is 0 Å². The lowest BCUT2D eigenvalue weighted by Crippen LogP contribution is -2.22. The highest BCUT2D eigenvalue weighted by Gasteiger charge is 2.38. The molecule has 0 saturated heterocycles. The molecule has 4 heterocycles. The predicted molar refractivity (Wildman–Crippen MR) is 133 cm³/mol. The Labute approximate surface area is 197 Å². The van der Waals surface area contributed by atoms with Crippen LogP contribution in [0.25, 0.3) is 11.1 Å². The number of allylic oxidation sites excluding steroid dienone is 1. The van der Waals surface area contributed by atoms with E-state index in [0.717, 1.165) is 39.5 Å². The van der Waals surface area contributed by atoms with Gasteiger partial charge in [-0.1, -0.05) is 66.7 Å². The van der Waals surface area contributed by atoms with E-state index in [-0.39, 0.29) is 12.0 Å². The normalized spacial score (nSPS) is 18.1. The monoisotopic (exact) mass is 442 g/mol. The molecule has 2 aromatic carbocycles. The fourth-order valence-corrected chi connectivity index (χ4v) is 4.75. The molecule has 5 aromatic rings. The van der Waals surface area contributed by atoms with Crippen LogP contribution in [-0.4, -0.2) is 10.7 Å². The molecule has 4 nitrogen and oxygen atoms in total. The van der Waals surface area contributed by atoms with Gasteiger partial charge in [0.2, 0.25) is 0 Å². The smallest absolute Gasteiger partial charge is 0.152 e. The quantitative estimate of drug-likeness (QED) is 0.289. The lowest BCUT2D eigenvalue weighted by Gasteiger charge is -2.34. The van der Waals surface area contributed by atoms with Crippen molar-refractivity contribution in [1.29, 1.82) is 0 Å². The Bertz CT molecular complexity index is 1420. The molecule has 2 atom stereocenters. The maximum atomic E-state index is 6.07. The molecule has 34 heavy (non-hydrogen) atoms. The Hall–Kier alpha value is -4.44. The first kappa shape index (κ1) is 20.2. The summed E-state index contributed by atoms with van der Waals surface area (Å²) in [4.78, 5) is 9.76. The number of dihydropyridines is 1. The Morgan fingerprint density at radius 3 is 1.94 bits per heavy atom. The van der Waals surface area contributed by atoms with Crippen molar-refractivity contribution < 1.29 is 8.83 Å². The minimum atomic E-state index is -0.205. The second-order valence-corrected chi connectivity index (χ2v) is 8.21. The highest BCUT2D eigenvalue weighted by Crippen LogP contribution is 2.51. The van der Waals surface area contributed by atoms with Gasteiger partial charge < -0.3 is 8.83 Å². The molecule has 0 fully saturated rings. The van der Waals surface area contributed by atoms with Crippen LogP contribution in [0.2, 0.25) is 0 Å². The molecular formula is C30H22N2O2. The maximum Gasteiger partial charge on any atom is 0.152 e. The van der Waals surface area contributed by atoms with Gasteiger partial charge in [0.15, 0.2) is 5.76 Å². The van der Waals surface area contributed by atoms with Crippen molar-refractivity contribution in [2.24, 2.45) is 4.99 Å². The molecule has 3 aromatic heterocycles. The second kappa shape index (κ2) is 8.83. The highest BCUT2D eigenvalue weighted by molar-refractivity contribution is 6.37. The first-order valence-electron chi connectivity index (χ1n) is 11.3. The Kier molecular flexibility index (Phi) is 5.24. The van der Waals surface area contributed by atoms with Gasteiger partial charge >= 0.3 is 0 Å². The number of aliphatic imine (C=N–C) groups is 1. The summed E-state index contributed by atoms with van der Waals surface area (Å²) >= 11 is 0. The van der Waals surface area contributed by atoms with Crippen LogP contribution < -0.4 is 0 Å². The average Bonchev–Trinajstić information content (AvgIpc) is 3.64. The van der Waals surface area contributed by atoms with Gasteiger partial charge in [-0.3, -0.25) is 9.98 Å². The molecular weight excluding hydrogens is 420 g/mol. The van der Waals surface area contributed by atoms with E-state index in [2.05, 4.69) is 47.4 Å². The zero-order valence-electron chi connectivity index (χ0n) is 18.4. The van der Waals surface area contributed by atoms with Gasteiger partial charge in [-0.05, 0) is 47.0 Å². The zero-order chi connectivity index (χ0) is 22.7. The van der Waals surface area contributed by atoms with Crippen molar-refractivity contribution in [1.82, 2.24) is 4.98 Å². The standard InChI is InChI=1S/C30H22N2O2/c1-3-10-21(11-4-1)26-28(24-15-8-18-33-24)27(22-12-5-2-6-13-22)30(25-16-9-19-34-25)32-29(26)23-14-7-17-31-20-23/h1-20,26,29H. The number of aromatic nitrogens is 1. The summed E-state index contributed by atoms with van der Waals surface area (Å²) in [6.45, 7) is 0. The van der Waals surface area contributed by atoms with Gasteiger partial charge in [0.25, 0.3) is 0 Å². The van der Waals surface area contributed by atoms with Crippen molar-refractivity contribution in [3.63, 3.8) is 0 Å². The predicted octanol–water partition coefficient (Wildman–Crippen LogP) is 7.21. The lowest BCUT2D eigenvalue weighted by atomic mass is 9.74. The van der Waals surface area contributed by atoms with Crippen molar-refractivity contribution in [2.75, 3.05) is 0 Å². The number of rotatable bonds is 5. The lowest BCUT2D eigenvalue weighted by molar-refractivity contribution is 0.536. The molecule has 0 radical (unpaired) electrons. The van der Waals surface area contributed by atoms with Crippen molar-refractivity contribution in [3.8, 4) is 0 Å². The molecule has 1 aliphatic heterocycles. The Morgan fingerprint density at radius 1 is 0.618 bits per heavy atom. The summed E-state index contributed by atoms with van der Waals surface area (Å²) in [6, 6.07) is 32.5. The summed E-state index contributed by atoms with van der Waals surface area (Å²) in [5.74, 6) is 1.47. The van der Waals surface area contributed by atoms with Crippen LogP contribution in [0.3, 0.4) is 0 Å². The third-order valence-corrected chi connectivity index (χ3v) is 6.19. The van der Waals surface area contributed by atoms with Crippen LogP contribution in [0.5, 0.6) is 0 Å². The summed E-state index contributed by atoms with van der Waals surface area (Å²) in [5.41, 5.74) is 6.17. The van der Waals surface area contributed by atoms with E-state index >= 15 is 0 Å². The van der Waals surface area contributed by atoms with Gasteiger partial charge in [-0.15, -0.1) is 0 Å². The van der Waals surface area contributed by atoms with E-state index in [1.54, 1.807) is 18.7 Å². The number of pyridine rings is 1. The van der Waals surface area contributed by atoms with Gasteiger partial charge in [-0.25, -0.2) is 0 Å². The number of benzene rings is 2. The third kappa shape index (κ3) is 3.59. The van der Waals surface area contributed by atoms with Crippen LogP contribution in [0.15, 0.2) is 136 Å². The van der Waals surface area contributed by atoms with Crippen LogP contribution >= 0.6 is 0 Å². The van der Waals surface area contributed by atoms with Crippen LogP contribution in [0, 0.1) is 0 Å². The SMILES string of the molecule is c1ccc(C2=C(c3ccco3)C(c3ccccc3)C(c3cccnc3)N=C2c2ccco2)cc1. The number of hydrogen-bond acceptors (Lipinski definition) is 4. The summed E-state index contributed by atoms with van der Waals surface area (Å²) < 4.78 is 12.0. The van der Waals surface area contributed by atoms with Gasteiger partial charge in [0, 0.05) is 29.5 Å². The third-order valence-electron chi connectivity index (χ3n) is 6.19. The molecule has 4 heteroatoms. The van der Waals surface area contributed by atoms with Gasteiger partial charge in [0.1, 0.15) is 11.5 Å². The van der Waals surface area contributed by atoms with E-state index in [9.17, 15) is 0 Å². The molecule has 0 bridgehead atoms. The van der Waals surface area contributed by atoms with Gasteiger partial charge in [-0.2, -0.15) is 0 Å². The number of furan rings is 2. The first-order chi connectivity index (χ1) is 16.9. The zero-order valence-corrected chi connectivity index (χ0v) is 18.4. The molecule has 0 aliphatic carbocycles. The van der Waals surface area contributed by atoms with E-state index in [4.69, 9.17) is 13.8 Å². The van der Waals surface area contributed by atoms with E-state index in [1.807, 2.05) is 60.8 Å². The van der Waals surface area contributed by atoms with E-state index in [0.29, 0.717) is 0 Å². The molecule has 164 valence electrons. The molecule has 0 spiro atoms. The molecule has 0 amide bonds. The number of hydrogen-bond donors (Lipinski definition) is 0. The molecule has 0 saturated carbocycles. The first-order valence-corrected chi connectivity index (χ1v) is 11.3. The second-order valence-electron chi connectivity index (χ2n) is 8.21. The van der Waals surface area contributed by atoms with Gasteiger partial charge in [0.05, 0.1) is 18.6 Å². The van der Waals surface area contributed by atoms with E-state index in [1.165, 1.54) is 5.56 Å². The fourth-order valence-electron chi connectivity index (χ4n) is 4.75. The largest absolute Gasteiger partial charge is 0.465 e. The molecule has 2 unspecified atom stereocenters. The number of nitrogens with zero attached hydrogens (tertiary/aromatic N) is 2. The van der Waals surface area contributed by atoms with Crippen molar-refractivity contribution in [2.45, 2.75) is 12.0 Å². The minimum Gasteiger partial charge on any atom is -0.465 e. The minimum absolute atomic E-state index is 0.0783. The summed E-state index contributed by atoms with van der Waals surface area (Å²) in [7, 11) is 0. The average molecular weight is 443 g/mol. The topological polar surface area (TPSA) is 51.5 Å². The maximum absolute atomic E-state index is 6.07.